The van der Waals surface area contributed by atoms with Crippen molar-refractivity contribution in [2.75, 3.05) is 0 Å². The Hall–Kier alpha value is -2.64. The molecule has 0 atom stereocenters. The fourth-order valence-corrected chi connectivity index (χ4v) is 3.61. The van der Waals surface area contributed by atoms with E-state index in [1.165, 1.54) is 12.1 Å². The van der Waals surface area contributed by atoms with Crippen LogP contribution in [0.1, 0.15) is 90.1 Å². The van der Waals surface area contributed by atoms with Gasteiger partial charge >= 0.3 is 0 Å². The second kappa shape index (κ2) is 9.91. The summed E-state index contributed by atoms with van der Waals surface area (Å²) in [5, 5.41) is 26.2. The van der Waals surface area contributed by atoms with Gasteiger partial charge in [0.25, 0.3) is 11.8 Å². The zero-order valence-corrected chi connectivity index (χ0v) is 18.2. The van der Waals surface area contributed by atoms with Crippen LogP contribution in [-0.2, 0) is 9.59 Å². The minimum absolute atomic E-state index is 0.178. The van der Waals surface area contributed by atoms with Gasteiger partial charge < -0.3 is 24.1 Å². The Bertz CT molecular complexity index is 796. The number of aldehydes is 1. The van der Waals surface area contributed by atoms with E-state index in [1.54, 1.807) is 0 Å². The Labute approximate surface area is 176 Å². The molecule has 166 valence electrons. The van der Waals surface area contributed by atoms with Crippen molar-refractivity contribution in [2.24, 2.45) is 10.8 Å². The van der Waals surface area contributed by atoms with Crippen LogP contribution in [0, 0.1) is 10.8 Å². The first-order valence-corrected chi connectivity index (χ1v) is 10.3. The van der Waals surface area contributed by atoms with Gasteiger partial charge in [-0.05, 0) is 35.0 Å². The molecular weight excluding hydrogens is 388 g/mol. The van der Waals surface area contributed by atoms with Gasteiger partial charge in [0.15, 0.2) is 11.5 Å². The van der Waals surface area contributed by atoms with Crippen LogP contribution in [0.2, 0.25) is 0 Å². The van der Waals surface area contributed by atoms with Gasteiger partial charge in [0.1, 0.15) is 12.1 Å². The first-order chi connectivity index (χ1) is 14.0. The lowest BCUT2D eigenvalue weighted by Gasteiger charge is -2.30. The molecule has 2 N–H and O–H groups in total. The highest BCUT2D eigenvalue weighted by atomic mass is 16.5. The predicted molar refractivity (Wildman–Crippen MR) is 109 cm³/mol. The van der Waals surface area contributed by atoms with Crippen LogP contribution >= 0.6 is 0 Å². The molecule has 2 heterocycles. The summed E-state index contributed by atoms with van der Waals surface area (Å²) in [6.07, 6.45) is 5.92. The molecule has 0 amide bonds. The number of hydrogen-bond donors (Lipinski definition) is 2. The third-order valence-electron chi connectivity index (χ3n) is 5.53. The highest BCUT2D eigenvalue weighted by Gasteiger charge is 2.38. The molecule has 0 radical (unpaired) electrons. The summed E-state index contributed by atoms with van der Waals surface area (Å²) in [5.74, 6) is -0.0421. The Morgan fingerprint density at radius 3 is 2.00 bits per heavy atom. The van der Waals surface area contributed by atoms with Crippen molar-refractivity contribution >= 4 is 12.1 Å². The monoisotopic (exact) mass is 420 g/mol. The molecule has 0 aliphatic carbocycles. The molecule has 0 saturated heterocycles. The molecule has 0 aliphatic rings. The Kier molecular flexibility index (Phi) is 7.81. The molecule has 2 aromatic heterocycles. The van der Waals surface area contributed by atoms with E-state index in [2.05, 4.69) is 10.3 Å². The summed E-state index contributed by atoms with van der Waals surface area (Å²) in [7, 11) is 0. The molecule has 0 saturated carbocycles. The number of carbonyl (C=O) groups excluding carboxylic acids is 2. The Morgan fingerprint density at radius 1 is 0.967 bits per heavy atom. The number of unbranched alkanes of at least 4 members (excludes halogenated alkanes) is 2. The van der Waals surface area contributed by atoms with Gasteiger partial charge in [-0.25, -0.2) is 0 Å². The van der Waals surface area contributed by atoms with Crippen LogP contribution in [0.25, 0.3) is 0 Å². The molecule has 0 bridgehead atoms. The Morgan fingerprint density at radius 2 is 1.53 bits per heavy atom. The van der Waals surface area contributed by atoms with E-state index >= 15 is 0 Å². The molecule has 2 aromatic rings. The number of hydrogen-bond acceptors (Lipinski definition) is 8. The molecule has 0 spiro atoms. The van der Waals surface area contributed by atoms with E-state index in [4.69, 9.17) is 9.05 Å². The van der Waals surface area contributed by atoms with Gasteiger partial charge in [-0.1, -0.05) is 40.5 Å². The highest BCUT2D eigenvalue weighted by molar-refractivity contribution is 5.78. The predicted octanol–water partition coefficient (Wildman–Crippen LogP) is 4.76. The van der Waals surface area contributed by atoms with Crippen molar-refractivity contribution in [1.82, 2.24) is 10.3 Å². The maximum atomic E-state index is 12.4. The lowest BCUT2D eigenvalue weighted by atomic mass is 9.72. The van der Waals surface area contributed by atoms with E-state index in [9.17, 15) is 19.8 Å². The summed E-state index contributed by atoms with van der Waals surface area (Å²) in [6, 6.07) is 2.79. The lowest BCUT2D eigenvalue weighted by molar-refractivity contribution is -0.120. The third-order valence-corrected chi connectivity index (χ3v) is 5.53. The van der Waals surface area contributed by atoms with Gasteiger partial charge in [0.2, 0.25) is 0 Å². The molecule has 0 unspecified atom stereocenters. The van der Waals surface area contributed by atoms with Crippen LogP contribution in [0.3, 0.4) is 0 Å². The largest absolute Gasteiger partial charge is 0.491 e. The van der Waals surface area contributed by atoms with Crippen LogP contribution < -0.4 is 0 Å². The fourth-order valence-electron chi connectivity index (χ4n) is 3.61. The lowest BCUT2D eigenvalue weighted by Crippen LogP contribution is -2.24. The maximum absolute atomic E-state index is 12.4. The minimum Gasteiger partial charge on any atom is -0.491 e. The van der Waals surface area contributed by atoms with E-state index in [0.717, 1.165) is 32.0 Å². The SMILES string of the molecule is CC(C)(C=O)CCCCCC(=O)CCC(C)(C)C(c1cc(O)no1)c1cc(O)no1. The second-order valence-corrected chi connectivity index (χ2v) is 9.30. The Balaban J connectivity index is 1.91. The molecule has 8 heteroatoms. The van der Waals surface area contributed by atoms with Crippen molar-refractivity contribution < 1.29 is 28.8 Å². The molecule has 2 rings (SSSR count). The zero-order chi connectivity index (χ0) is 22.4. The van der Waals surface area contributed by atoms with Crippen molar-refractivity contribution in [1.29, 1.82) is 0 Å². The van der Waals surface area contributed by atoms with Crippen molar-refractivity contribution in [3.8, 4) is 11.8 Å². The number of aromatic nitrogens is 2. The summed E-state index contributed by atoms with van der Waals surface area (Å²) < 4.78 is 10.5. The fraction of sp³-hybridized carbons (Fsp3) is 0.636. The topological polar surface area (TPSA) is 127 Å². The van der Waals surface area contributed by atoms with Crippen LogP contribution in [0.5, 0.6) is 11.8 Å². The van der Waals surface area contributed by atoms with Crippen LogP contribution in [0.15, 0.2) is 21.2 Å². The summed E-state index contributed by atoms with van der Waals surface area (Å²) in [5.41, 5.74) is -0.783. The molecule has 0 aliphatic heterocycles. The van der Waals surface area contributed by atoms with Gasteiger partial charge in [0, 0.05) is 30.4 Å². The van der Waals surface area contributed by atoms with Crippen LogP contribution in [0.4, 0.5) is 0 Å². The van der Waals surface area contributed by atoms with Crippen molar-refractivity contribution in [3.05, 3.63) is 23.7 Å². The first-order valence-electron chi connectivity index (χ1n) is 10.3. The number of ketones is 1. The molecule has 30 heavy (non-hydrogen) atoms. The number of nitrogens with zero attached hydrogens (tertiary/aromatic N) is 2. The van der Waals surface area contributed by atoms with E-state index in [0.29, 0.717) is 30.8 Å². The summed E-state index contributed by atoms with van der Waals surface area (Å²) in [4.78, 5) is 23.3. The third kappa shape index (κ3) is 6.71. The second-order valence-electron chi connectivity index (χ2n) is 9.30. The van der Waals surface area contributed by atoms with Crippen LogP contribution in [-0.4, -0.2) is 32.6 Å². The normalized spacial score (nSPS) is 12.4. The highest BCUT2D eigenvalue weighted by Crippen LogP contribution is 2.45. The molecule has 0 aromatic carbocycles. The van der Waals surface area contributed by atoms with E-state index in [1.807, 2.05) is 27.7 Å². The summed E-state index contributed by atoms with van der Waals surface area (Å²) in [6.45, 7) is 7.77. The van der Waals surface area contributed by atoms with E-state index < -0.39 is 11.3 Å². The van der Waals surface area contributed by atoms with Crippen molar-refractivity contribution in [3.63, 3.8) is 0 Å². The number of carbonyl (C=O) groups is 2. The van der Waals surface area contributed by atoms with Gasteiger partial charge in [0.05, 0.1) is 5.92 Å². The molecular formula is C22H32N2O6. The van der Waals surface area contributed by atoms with Gasteiger partial charge in [-0.3, -0.25) is 4.79 Å². The molecule has 8 nitrogen and oxygen atoms in total. The maximum Gasteiger partial charge on any atom is 0.251 e. The number of aromatic hydroxyl groups is 2. The minimum atomic E-state index is -0.485. The quantitative estimate of drug-likeness (QED) is 0.351. The molecule has 0 fully saturated rings. The zero-order valence-electron chi connectivity index (χ0n) is 18.2. The number of Topliss-reactive ketones (excluding diaryl/α,β-unsaturated/α-hetero) is 1. The smallest absolute Gasteiger partial charge is 0.251 e. The number of rotatable bonds is 13. The first kappa shape index (κ1) is 23.6. The summed E-state index contributed by atoms with van der Waals surface area (Å²) >= 11 is 0. The standard InChI is InChI=1S/C22H32N2O6/c1-21(2,14-25)10-7-5-6-8-15(26)9-11-22(3,4)20(16-12-18(27)23-29-16)17-13-19(28)24-30-17/h12-14,20H,5-11H2,1-4H3,(H,23,27)(H,24,28). The average Bonchev–Trinajstić information content (AvgIpc) is 3.28. The van der Waals surface area contributed by atoms with E-state index in [-0.39, 0.29) is 23.0 Å². The van der Waals surface area contributed by atoms with Crippen molar-refractivity contribution in [2.45, 2.75) is 78.6 Å². The van der Waals surface area contributed by atoms with Gasteiger partial charge in [-0.15, -0.1) is 0 Å². The average molecular weight is 421 g/mol. The van der Waals surface area contributed by atoms with Gasteiger partial charge in [-0.2, -0.15) is 0 Å².